The van der Waals surface area contributed by atoms with Crippen LogP contribution in [-0.2, 0) is 16.0 Å². The number of aryl methyl sites for hydroxylation is 1. The number of amides is 1. The quantitative estimate of drug-likeness (QED) is 0.371. The Hall–Kier alpha value is -2.20. The van der Waals surface area contributed by atoms with Gasteiger partial charge in [0.05, 0.1) is 26.9 Å². The predicted molar refractivity (Wildman–Crippen MR) is 138 cm³/mol. The molecule has 1 aliphatic heterocycles. The van der Waals surface area contributed by atoms with E-state index < -0.39 is 26.3 Å². The van der Waals surface area contributed by atoms with E-state index >= 15 is 0 Å². The minimum atomic E-state index is -4.63. The summed E-state index contributed by atoms with van der Waals surface area (Å²) in [4.78, 5) is 15.8. The second kappa shape index (κ2) is 10.2. The lowest BCUT2D eigenvalue weighted by Gasteiger charge is -2.40. The third-order valence-corrected chi connectivity index (χ3v) is 10.8. The van der Waals surface area contributed by atoms with Gasteiger partial charge < -0.3 is 9.64 Å². The Bertz CT molecular complexity index is 1280. The number of carbonyl (C=O) groups excluding carboxylic acids is 1. The van der Waals surface area contributed by atoms with Crippen LogP contribution in [0.5, 0.6) is 5.75 Å². The Morgan fingerprint density at radius 2 is 1.70 bits per heavy atom. The number of halogens is 3. The van der Waals surface area contributed by atoms with Gasteiger partial charge in [0.15, 0.2) is 9.84 Å². The minimum Gasteiger partial charge on any atom is -0.490 e. The molecule has 0 spiro atoms. The SMILES string of the molecule is CSc1cc(OC2CC2)cc(C)c1C(=O)N1CCC(C(C)(C)S(=O)(=O)c2cccc(C(F)(F)F)c2)CC1. The summed E-state index contributed by atoms with van der Waals surface area (Å²) in [6.07, 6.45) is 0.509. The number of rotatable bonds is 7. The maximum atomic E-state index is 13.5. The summed E-state index contributed by atoms with van der Waals surface area (Å²) in [5.74, 6) is 0.351. The van der Waals surface area contributed by atoms with E-state index in [1.807, 2.05) is 25.3 Å². The van der Waals surface area contributed by atoms with Gasteiger partial charge in [0.2, 0.25) is 0 Å². The lowest BCUT2D eigenvalue weighted by molar-refractivity contribution is -0.137. The first-order chi connectivity index (χ1) is 17.3. The van der Waals surface area contributed by atoms with E-state index in [4.69, 9.17) is 4.74 Å². The zero-order chi connectivity index (χ0) is 27.2. The van der Waals surface area contributed by atoms with E-state index in [0.29, 0.717) is 37.6 Å². The van der Waals surface area contributed by atoms with Crippen molar-refractivity contribution in [3.05, 3.63) is 53.1 Å². The average Bonchev–Trinajstić information content (AvgIpc) is 3.66. The molecule has 37 heavy (non-hydrogen) atoms. The molecule has 2 aromatic carbocycles. The van der Waals surface area contributed by atoms with Crippen LogP contribution in [0.2, 0.25) is 0 Å². The molecule has 2 aromatic rings. The van der Waals surface area contributed by atoms with E-state index in [1.54, 1.807) is 18.7 Å². The maximum Gasteiger partial charge on any atom is 0.416 e. The van der Waals surface area contributed by atoms with Crippen LogP contribution in [-0.4, -0.2) is 49.4 Å². The maximum absolute atomic E-state index is 13.5. The largest absolute Gasteiger partial charge is 0.490 e. The van der Waals surface area contributed by atoms with Gasteiger partial charge in [0, 0.05) is 18.0 Å². The molecular weight excluding hydrogens is 523 g/mol. The van der Waals surface area contributed by atoms with Crippen LogP contribution in [0.25, 0.3) is 0 Å². The number of hydrogen-bond donors (Lipinski definition) is 0. The Morgan fingerprint density at radius 1 is 1.05 bits per heavy atom. The second-order valence-electron chi connectivity index (χ2n) is 10.3. The van der Waals surface area contributed by atoms with Gasteiger partial charge in [-0.05, 0) is 94.5 Å². The van der Waals surface area contributed by atoms with Gasteiger partial charge in [0.25, 0.3) is 5.91 Å². The average molecular weight is 556 g/mol. The smallest absolute Gasteiger partial charge is 0.416 e. The van der Waals surface area contributed by atoms with Crippen molar-refractivity contribution in [1.29, 1.82) is 0 Å². The molecule has 0 N–H and O–H groups in total. The zero-order valence-corrected chi connectivity index (χ0v) is 23.0. The van der Waals surface area contributed by atoms with Crippen molar-refractivity contribution in [1.82, 2.24) is 4.90 Å². The first-order valence-corrected chi connectivity index (χ1v) is 15.0. The van der Waals surface area contributed by atoms with Crippen molar-refractivity contribution in [2.24, 2.45) is 5.92 Å². The third-order valence-electron chi connectivity index (χ3n) is 7.46. The topological polar surface area (TPSA) is 63.7 Å². The Kier molecular flexibility index (Phi) is 7.65. The number of likely N-dealkylation sites (tertiary alicyclic amines) is 1. The van der Waals surface area contributed by atoms with E-state index in [0.717, 1.165) is 41.2 Å². The minimum absolute atomic E-state index is 0.100. The fourth-order valence-electron chi connectivity index (χ4n) is 4.90. The number of sulfone groups is 1. The zero-order valence-electron chi connectivity index (χ0n) is 21.4. The first kappa shape index (κ1) is 27.8. The van der Waals surface area contributed by atoms with Crippen LogP contribution in [0.15, 0.2) is 46.2 Å². The summed E-state index contributed by atoms with van der Waals surface area (Å²) in [7, 11) is -4.06. The normalized spacial score (nSPS) is 17.6. The number of nitrogens with zero attached hydrogens (tertiary/aromatic N) is 1. The molecule has 2 fully saturated rings. The molecule has 1 amide bonds. The molecule has 1 saturated heterocycles. The summed E-state index contributed by atoms with van der Waals surface area (Å²) in [6, 6.07) is 7.71. The molecule has 0 aromatic heterocycles. The van der Waals surface area contributed by atoms with Gasteiger partial charge >= 0.3 is 6.18 Å². The highest BCUT2D eigenvalue weighted by Gasteiger charge is 2.45. The molecule has 1 saturated carbocycles. The van der Waals surface area contributed by atoms with Gasteiger partial charge in [-0.15, -0.1) is 11.8 Å². The number of thioether (sulfide) groups is 1. The Labute approximate surface area is 220 Å². The molecule has 0 bridgehead atoms. The van der Waals surface area contributed by atoms with Crippen molar-refractivity contribution in [3.63, 3.8) is 0 Å². The number of benzene rings is 2. The summed E-state index contributed by atoms with van der Waals surface area (Å²) in [6.45, 7) is 5.78. The number of hydrogen-bond acceptors (Lipinski definition) is 5. The van der Waals surface area contributed by atoms with Crippen molar-refractivity contribution in [2.75, 3.05) is 19.3 Å². The van der Waals surface area contributed by atoms with E-state index in [2.05, 4.69) is 0 Å². The van der Waals surface area contributed by atoms with E-state index in [1.165, 1.54) is 17.8 Å². The summed E-state index contributed by atoms with van der Waals surface area (Å²) in [5.41, 5.74) is 0.477. The van der Waals surface area contributed by atoms with Crippen LogP contribution in [0.3, 0.4) is 0 Å². The van der Waals surface area contributed by atoms with E-state index in [-0.39, 0.29) is 22.8 Å². The van der Waals surface area contributed by atoms with Gasteiger partial charge in [-0.1, -0.05) is 6.07 Å². The highest BCUT2D eigenvalue weighted by atomic mass is 32.2. The number of piperidine rings is 1. The van der Waals surface area contributed by atoms with Gasteiger partial charge in [-0.2, -0.15) is 13.2 Å². The molecule has 1 aliphatic carbocycles. The number of ether oxygens (including phenoxy) is 1. The lowest BCUT2D eigenvalue weighted by Crippen LogP contribution is -2.47. The van der Waals surface area contributed by atoms with Crippen LogP contribution in [0.4, 0.5) is 13.2 Å². The molecule has 0 unspecified atom stereocenters. The van der Waals surface area contributed by atoms with Gasteiger partial charge in [0.1, 0.15) is 5.75 Å². The molecule has 1 heterocycles. The Balaban J connectivity index is 1.49. The number of carbonyl (C=O) groups is 1. The monoisotopic (exact) mass is 555 g/mol. The van der Waals surface area contributed by atoms with Gasteiger partial charge in [-0.25, -0.2) is 8.42 Å². The summed E-state index contributed by atoms with van der Waals surface area (Å²) < 4.78 is 71.1. The van der Waals surface area contributed by atoms with Crippen molar-refractivity contribution in [3.8, 4) is 5.75 Å². The molecule has 2 aliphatic rings. The van der Waals surface area contributed by atoms with Crippen LogP contribution in [0.1, 0.15) is 61.0 Å². The van der Waals surface area contributed by atoms with Crippen molar-refractivity contribution >= 4 is 27.5 Å². The predicted octanol–water partition coefficient (Wildman–Crippen LogP) is 6.38. The highest BCUT2D eigenvalue weighted by molar-refractivity contribution is 7.98. The molecule has 0 atom stereocenters. The second-order valence-corrected chi connectivity index (χ2v) is 13.7. The summed E-state index contributed by atoms with van der Waals surface area (Å²) in [5, 5.41) is 0. The first-order valence-electron chi connectivity index (χ1n) is 12.3. The molecule has 202 valence electrons. The highest BCUT2D eigenvalue weighted by Crippen LogP contribution is 2.40. The fraction of sp³-hybridized carbons (Fsp3) is 0.519. The van der Waals surface area contributed by atoms with Crippen molar-refractivity contribution < 1.29 is 31.1 Å². The standard InChI is InChI=1S/C27H32F3NO4S2/c1-17-14-21(35-20-8-9-20)16-23(36-4)24(17)25(32)31-12-10-18(11-13-31)26(2,3)37(33,34)22-7-5-6-19(15-22)27(28,29)30/h5-7,14-16,18,20H,8-13H2,1-4H3. The molecule has 0 radical (unpaired) electrons. The van der Waals surface area contributed by atoms with Crippen LogP contribution >= 0.6 is 11.8 Å². The molecule has 10 heteroatoms. The summed E-state index contributed by atoms with van der Waals surface area (Å²) >= 11 is 1.49. The third kappa shape index (κ3) is 5.65. The van der Waals surface area contributed by atoms with Gasteiger partial charge in [-0.3, -0.25) is 4.79 Å². The van der Waals surface area contributed by atoms with Crippen LogP contribution in [0, 0.1) is 12.8 Å². The van der Waals surface area contributed by atoms with Crippen LogP contribution < -0.4 is 4.74 Å². The number of alkyl halides is 3. The molecule has 4 rings (SSSR count). The van der Waals surface area contributed by atoms with E-state index in [9.17, 15) is 26.4 Å². The molecule has 5 nitrogen and oxygen atoms in total. The fourth-order valence-corrected chi connectivity index (χ4v) is 7.41. The Morgan fingerprint density at radius 3 is 2.27 bits per heavy atom. The lowest BCUT2D eigenvalue weighted by atomic mass is 9.85. The molecular formula is C27H32F3NO4S2. The van der Waals surface area contributed by atoms with Crippen molar-refractivity contribution in [2.45, 2.75) is 73.3 Å².